The number of morpholine rings is 1. The summed E-state index contributed by atoms with van der Waals surface area (Å²) in [6.45, 7) is 4.69. The Hall–Kier alpha value is -3.70. The van der Waals surface area contributed by atoms with Crippen molar-refractivity contribution in [1.82, 2.24) is 14.9 Å². The highest BCUT2D eigenvalue weighted by Crippen LogP contribution is 2.33. The van der Waals surface area contributed by atoms with Crippen LogP contribution < -0.4 is 5.32 Å². The third-order valence-corrected chi connectivity index (χ3v) is 6.64. The predicted molar refractivity (Wildman–Crippen MR) is 142 cm³/mol. The number of nitrogens with zero attached hydrogens (tertiary/aromatic N) is 2. The molecule has 8 nitrogen and oxygen atoms in total. The number of aromatic nitrogens is 2. The smallest absolute Gasteiger partial charge is 0.475 e. The lowest BCUT2D eigenvalue weighted by molar-refractivity contribution is -0.192. The monoisotopic (exact) mass is 544 g/mol. The predicted octanol–water partition coefficient (Wildman–Crippen LogP) is 5.28. The number of carbonyl (C=O) groups excluding carboxylic acids is 1. The van der Waals surface area contributed by atoms with Gasteiger partial charge in [0.05, 0.1) is 24.2 Å². The van der Waals surface area contributed by atoms with E-state index >= 15 is 0 Å². The zero-order valence-corrected chi connectivity index (χ0v) is 21.4. The molecule has 0 unspecified atom stereocenters. The Morgan fingerprint density at radius 1 is 1.10 bits per heavy atom. The number of benzene rings is 2. The van der Waals surface area contributed by atoms with E-state index in [1.807, 2.05) is 24.3 Å². The Labute approximate surface area is 223 Å². The number of carboxylic acid groups (broad SMARTS) is 1. The second kappa shape index (κ2) is 12.9. The number of nitrogens with one attached hydrogen (secondary N) is 2. The summed E-state index contributed by atoms with van der Waals surface area (Å²) in [6.07, 6.45) is 2.84. The van der Waals surface area contributed by atoms with Crippen molar-refractivity contribution in [2.75, 3.05) is 38.2 Å². The number of ether oxygens (including phenoxy) is 1. The molecule has 1 aliphatic carbocycles. The standard InChI is InChI=1S/C26H30N4O2.C2HF3O2/c31-26(25-27-23-8-4-5-9-24(23)28-25)29-22-11-10-19(12-13-30-14-16-32-17-15-30)18-21(22)20-6-2-1-3-7-20;3-2(4,5)1(6)7/h4-6,8-11,18H,1-3,7,12-17H2,(H,27,28)(H,29,31);(H,6,7). The van der Waals surface area contributed by atoms with Crippen molar-refractivity contribution < 1.29 is 32.6 Å². The number of H-pyrrole nitrogens is 1. The van der Waals surface area contributed by atoms with Crippen LogP contribution in [0.2, 0.25) is 0 Å². The lowest BCUT2D eigenvalue weighted by Gasteiger charge is -2.26. The molecule has 1 aromatic heterocycles. The number of fused-ring (bicyclic) bond motifs is 1. The molecular formula is C28H31F3N4O4. The minimum atomic E-state index is -5.08. The first-order valence-electron chi connectivity index (χ1n) is 12.9. The molecule has 5 rings (SSSR count). The Bertz CT molecular complexity index is 1300. The Morgan fingerprint density at radius 3 is 2.51 bits per heavy atom. The second-order valence-electron chi connectivity index (χ2n) is 9.42. The number of anilines is 1. The lowest BCUT2D eigenvalue weighted by atomic mass is 9.91. The Balaban J connectivity index is 0.000000448. The molecular weight excluding hydrogens is 513 g/mol. The molecule has 11 heteroatoms. The highest BCUT2D eigenvalue weighted by molar-refractivity contribution is 6.04. The molecule has 0 bridgehead atoms. The van der Waals surface area contributed by atoms with Crippen LogP contribution in [-0.4, -0.2) is 70.9 Å². The number of carboxylic acids is 1. The van der Waals surface area contributed by atoms with Crippen molar-refractivity contribution >= 4 is 34.2 Å². The molecule has 0 saturated carbocycles. The molecule has 2 heterocycles. The third kappa shape index (κ3) is 7.90. The number of aromatic amines is 1. The molecule has 208 valence electrons. The van der Waals surface area contributed by atoms with E-state index in [1.165, 1.54) is 24.0 Å². The second-order valence-corrected chi connectivity index (χ2v) is 9.42. The molecule has 1 saturated heterocycles. The van der Waals surface area contributed by atoms with Crippen molar-refractivity contribution in [1.29, 1.82) is 0 Å². The van der Waals surface area contributed by atoms with Crippen LogP contribution >= 0.6 is 0 Å². The molecule has 1 amide bonds. The van der Waals surface area contributed by atoms with Crippen LogP contribution in [0.3, 0.4) is 0 Å². The first-order chi connectivity index (χ1) is 18.7. The summed E-state index contributed by atoms with van der Waals surface area (Å²) in [6, 6.07) is 14.2. The van der Waals surface area contributed by atoms with Crippen LogP contribution in [0.4, 0.5) is 18.9 Å². The minimum Gasteiger partial charge on any atom is -0.475 e. The highest BCUT2D eigenvalue weighted by Gasteiger charge is 2.38. The topological polar surface area (TPSA) is 108 Å². The Kier molecular flexibility index (Phi) is 9.36. The maximum Gasteiger partial charge on any atom is 0.490 e. The quantitative estimate of drug-likeness (QED) is 0.390. The van der Waals surface area contributed by atoms with E-state index < -0.39 is 12.1 Å². The zero-order valence-electron chi connectivity index (χ0n) is 21.4. The molecule has 3 N–H and O–H groups in total. The van der Waals surface area contributed by atoms with Gasteiger partial charge >= 0.3 is 12.1 Å². The van der Waals surface area contributed by atoms with Crippen LogP contribution in [0.25, 0.3) is 16.6 Å². The van der Waals surface area contributed by atoms with E-state index in [2.05, 4.69) is 44.5 Å². The van der Waals surface area contributed by atoms with Crippen molar-refractivity contribution in [3.8, 4) is 0 Å². The van der Waals surface area contributed by atoms with Gasteiger partial charge in [0.15, 0.2) is 5.82 Å². The fourth-order valence-corrected chi connectivity index (χ4v) is 4.56. The average Bonchev–Trinajstić information content (AvgIpc) is 3.38. The van der Waals surface area contributed by atoms with Gasteiger partial charge < -0.3 is 20.1 Å². The number of imidazole rings is 1. The van der Waals surface area contributed by atoms with E-state index in [0.29, 0.717) is 5.82 Å². The summed E-state index contributed by atoms with van der Waals surface area (Å²) >= 11 is 0. The number of halogens is 3. The van der Waals surface area contributed by atoms with Gasteiger partial charge in [-0.25, -0.2) is 9.78 Å². The van der Waals surface area contributed by atoms with Gasteiger partial charge in [-0.3, -0.25) is 9.69 Å². The van der Waals surface area contributed by atoms with Crippen molar-refractivity contribution in [2.24, 2.45) is 0 Å². The third-order valence-electron chi connectivity index (χ3n) is 6.64. The number of carbonyl (C=O) groups is 2. The van der Waals surface area contributed by atoms with Gasteiger partial charge in [0.2, 0.25) is 0 Å². The van der Waals surface area contributed by atoms with Crippen molar-refractivity contribution in [2.45, 2.75) is 38.3 Å². The van der Waals surface area contributed by atoms with Crippen LogP contribution in [0, 0.1) is 0 Å². The number of para-hydroxylation sites is 2. The minimum absolute atomic E-state index is 0.208. The van der Waals surface area contributed by atoms with Crippen LogP contribution in [0.1, 0.15) is 47.4 Å². The normalized spacial score (nSPS) is 16.2. The average molecular weight is 545 g/mol. The summed E-state index contributed by atoms with van der Waals surface area (Å²) in [7, 11) is 0. The molecule has 2 aliphatic rings. The van der Waals surface area contributed by atoms with Crippen molar-refractivity contribution in [3.05, 3.63) is 65.5 Å². The van der Waals surface area contributed by atoms with E-state index in [9.17, 15) is 18.0 Å². The van der Waals surface area contributed by atoms with Gasteiger partial charge in [-0.05, 0) is 67.5 Å². The molecule has 1 aliphatic heterocycles. The van der Waals surface area contributed by atoms with Gasteiger partial charge in [-0.2, -0.15) is 13.2 Å². The Morgan fingerprint density at radius 2 is 1.85 bits per heavy atom. The first kappa shape index (κ1) is 28.3. The molecule has 2 aromatic carbocycles. The summed E-state index contributed by atoms with van der Waals surface area (Å²) in [5.41, 5.74) is 6.31. The summed E-state index contributed by atoms with van der Waals surface area (Å²) in [5.74, 6) is -2.63. The van der Waals surface area contributed by atoms with Gasteiger partial charge in [0.1, 0.15) is 0 Å². The fourth-order valence-electron chi connectivity index (χ4n) is 4.56. The molecule has 1 fully saturated rings. The number of alkyl halides is 3. The fraction of sp³-hybridized carbons (Fsp3) is 0.393. The van der Waals surface area contributed by atoms with Crippen LogP contribution in [0.5, 0.6) is 0 Å². The maximum absolute atomic E-state index is 13.0. The number of amides is 1. The first-order valence-corrected chi connectivity index (χ1v) is 12.9. The SMILES string of the molecule is O=C(Nc1ccc(CCN2CCOCC2)cc1C1=CCCCC1)c1nc2ccccc2[nH]1.O=C(O)C(F)(F)F. The van der Waals surface area contributed by atoms with Crippen molar-refractivity contribution in [3.63, 3.8) is 0 Å². The van der Waals surface area contributed by atoms with Gasteiger partial charge in [-0.15, -0.1) is 0 Å². The number of rotatable bonds is 6. The van der Waals surface area contributed by atoms with E-state index in [4.69, 9.17) is 14.6 Å². The van der Waals surface area contributed by atoms with E-state index in [-0.39, 0.29) is 5.91 Å². The summed E-state index contributed by atoms with van der Waals surface area (Å²) in [4.78, 5) is 31.9. The van der Waals surface area contributed by atoms with E-state index in [0.717, 1.165) is 74.4 Å². The number of hydrogen-bond acceptors (Lipinski definition) is 5. The summed E-state index contributed by atoms with van der Waals surface area (Å²) in [5, 5.41) is 10.2. The number of allylic oxidation sites excluding steroid dienone is 2. The van der Waals surface area contributed by atoms with E-state index in [1.54, 1.807) is 0 Å². The summed E-state index contributed by atoms with van der Waals surface area (Å²) < 4.78 is 37.2. The largest absolute Gasteiger partial charge is 0.490 e. The maximum atomic E-state index is 13.0. The van der Waals surface area contributed by atoms with Gasteiger partial charge in [0, 0.05) is 30.9 Å². The molecule has 0 spiro atoms. The number of hydrogen-bond donors (Lipinski definition) is 3. The zero-order chi connectivity index (χ0) is 27.8. The molecule has 0 atom stereocenters. The van der Waals surface area contributed by atoms with Gasteiger partial charge in [0.25, 0.3) is 5.91 Å². The molecule has 39 heavy (non-hydrogen) atoms. The van der Waals surface area contributed by atoms with Gasteiger partial charge in [-0.1, -0.05) is 24.3 Å². The lowest BCUT2D eigenvalue weighted by Crippen LogP contribution is -2.37. The molecule has 0 radical (unpaired) electrons. The highest BCUT2D eigenvalue weighted by atomic mass is 19.4. The molecule has 3 aromatic rings. The van der Waals surface area contributed by atoms with Crippen LogP contribution in [-0.2, 0) is 16.0 Å². The van der Waals surface area contributed by atoms with Crippen LogP contribution in [0.15, 0.2) is 48.5 Å². The number of aliphatic carboxylic acids is 1.